The third-order valence-electron chi connectivity index (χ3n) is 6.45. The number of fused-ring (bicyclic) bond motifs is 1. The molecule has 0 spiro atoms. The molecule has 0 saturated heterocycles. The van der Waals surface area contributed by atoms with Gasteiger partial charge in [-0.15, -0.1) is 0 Å². The molecule has 4 N–H and O–H groups in total. The molecule has 15 heteroatoms. The zero-order valence-electron chi connectivity index (χ0n) is 23.6. The van der Waals surface area contributed by atoms with Gasteiger partial charge in [-0.2, -0.15) is 18.3 Å². The van der Waals surface area contributed by atoms with Crippen molar-refractivity contribution in [3.8, 4) is 5.75 Å². The number of halogens is 3. The highest BCUT2D eigenvalue weighted by Gasteiger charge is 2.30. The number of benzene rings is 2. The van der Waals surface area contributed by atoms with E-state index in [-0.39, 0.29) is 31.2 Å². The number of carbonyl (C=O) groups excluding carboxylic acids is 3. The average molecular weight is 602 g/mol. The summed E-state index contributed by atoms with van der Waals surface area (Å²) in [5.41, 5.74) is 7.10. The number of alkyl halides is 3. The minimum Gasteiger partial charge on any atom is -0.494 e. The number of hydrogen-bond acceptors (Lipinski definition) is 7. The SMILES string of the molecule is CCn1nc(C)cc1C(=O)Nc1nc2cc(C(N)=O)cc(OC)c2n1CCCNC(=O)OCc1ccc(C(F)(F)F)cc1. The predicted molar refractivity (Wildman–Crippen MR) is 150 cm³/mol. The molecule has 228 valence electrons. The Kier molecular flexibility index (Phi) is 9.21. The fourth-order valence-corrected chi connectivity index (χ4v) is 4.39. The number of primary amides is 1. The van der Waals surface area contributed by atoms with Gasteiger partial charge in [0, 0.05) is 25.2 Å². The predicted octanol–water partition coefficient (Wildman–Crippen LogP) is 4.26. The number of anilines is 1. The molecule has 0 aliphatic carbocycles. The first-order chi connectivity index (χ1) is 20.4. The van der Waals surface area contributed by atoms with E-state index in [0.717, 1.165) is 12.1 Å². The Hall–Kier alpha value is -5.08. The summed E-state index contributed by atoms with van der Waals surface area (Å²) in [6, 6.07) is 8.92. The quantitative estimate of drug-likeness (QED) is 0.217. The van der Waals surface area contributed by atoms with Crippen molar-refractivity contribution in [1.82, 2.24) is 24.6 Å². The van der Waals surface area contributed by atoms with Crippen LogP contribution in [0.15, 0.2) is 42.5 Å². The molecule has 43 heavy (non-hydrogen) atoms. The number of nitrogens with zero attached hydrogens (tertiary/aromatic N) is 4. The van der Waals surface area contributed by atoms with Crippen LogP contribution in [0.4, 0.5) is 23.9 Å². The highest BCUT2D eigenvalue weighted by Crippen LogP contribution is 2.31. The summed E-state index contributed by atoms with van der Waals surface area (Å²) >= 11 is 0. The van der Waals surface area contributed by atoms with Gasteiger partial charge in [-0.25, -0.2) is 9.78 Å². The van der Waals surface area contributed by atoms with E-state index in [1.807, 2.05) is 6.92 Å². The fraction of sp³-hybridized carbons (Fsp3) is 0.321. The number of rotatable bonds is 11. The van der Waals surface area contributed by atoms with Crippen LogP contribution >= 0.6 is 0 Å². The molecule has 4 rings (SSSR count). The summed E-state index contributed by atoms with van der Waals surface area (Å²) in [6.07, 6.45) is -4.85. The Labute approximate surface area is 244 Å². The number of amides is 3. The van der Waals surface area contributed by atoms with E-state index < -0.39 is 29.6 Å². The Balaban J connectivity index is 1.47. The molecule has 2 heterocycles. The van der Waals surface area contributed by atoms with Gasteiger partial charge in [-0.1, -0.05) is 12.1 Å². The largest absolute Gasteiger partial charge is 0.494 e. The number of methoxy groups -OCH3 is 1. The van der Waals surface area contributed by atoms with Crippen molar-refractivity contribution in [3.05, 3.63) is 70.5 Å². The van der Waals surface area contributed by atoms with Crippen LogP contribution in [0.2, 0.25) is 0 Å². The molecule has 0 radical (unpaired) electrons. The zero-order valence-corrected chi connectivity index (χ0v) is 23.6. The molecule has 12 nitrogen and oxygen atoms in total. The summed E-state index contributed by atoms with van der Waals surface area (Å²) in [4.78, 5) is 41.8. The first-order valence-corrected chi connectivity index (χ1v) is 13.2. The van der Waals surface area contributed by atoms with E-state index in [4.69, 9.17) is 15.2 Å². The number of hydrogen-bond donors (Lipinski definition) is 3. The molecular formula is C28H30F3N7O5. The van der Waals surface area contributed by atoms with Gasteiger partial charge in [0.1, 0.15) is 23.6 Å². The molecule has 0 bridgehead atoms. The lowest BCUT2D eigenvalue weighted by Gasteiger charge is -2.13. The van der Waals surface area contributed by atoms with Crippen LogP contribution in [0.1, 0.15) is 51.0 Å². The first kappa shape index (κ1) is 30.9. The number of alkyl carbamates (subject to hydrolysis) is 1. The summed E-state index contributed by atoms with van der Waals surface area (Å²) in [5, 5.41) is 9.69. The van der Waals surface area contributed by atoms with Crippen LogP contribution in [0.5, 0.6) is 5.75 Å². The Morgan fingerprint density at radius 1 is 1.09 bits per heavy atom. The monoisotopic (exact) mass is 601 g/mol. The lowest BCUT2D eigenvalue weighted by Crippen LogP contribution is -2.26. The maximum absolute atomic E-state index is 13.2. The van der Waals surface area contributed by atoms with Crippen molar-refractivity contribution in [3.63, 3.8) is 0 Å². The van der Waals surface area contributed by atoms with Gasteiger partial charge in [0.05, 0.1) is 23.9 Å². The van der Waals surface area contributed by atoms with Gasteiger partial charge in [-0.05, 0) is 56.2 Å². The summed E-state index contributed by atoms with van der Waals surface area (Å²) in [5.74, 6) is -0.649. The van der Waals surface area contributed by atoms with Crippen LogP contribution in [-0.2, 0) is 30.6 Å². The number of nitrogens with two attached hydrogens (primary N) is 1. The first-order valence-electron chi connectivity index (χ1n) is 13.2. The third-order valence-corrected chi connectivity index (χ3v) is 6.45. The van der Waals surface area contributed by atoms with Crippen molar-refractivity contribution in [1.29, 1.82) is 0 Å². The second-order valence-corrected chi connectivity index (χ2v) is 9.49. The molecule has 2 aromatic heterocycles. The second kappa shape index (κ2) is 12.8. The molecule has 3 amide bonds. The molecule has 0 fully saturated rings. The fourth-order valence-electron chi connectivity index (χ4n) is 4.39. The minimum absolute atomic E-state index is 0.155. The van der Waals surface area contributed by atoms with E-state index in [0.29, 0.717) is 46.7 Å². The van der Waals surface area contributed by atoms with E-state index >= 15 is 0 Å². The van der Waals surface area contributed by atoms with Crippen LogP contribution in [0.3, 0.4) is 0 Å². The number of imidazole rings is 1. The summed E-state index contributed by atoms with van der Waals surface area (Å²) in [7, 11) is 1.42. The maximum Gasteiger partial charge on any atom is 0.416 e. The van der Waals surface area contributed by atoms with Crippen molar-refractivity contribution < 1.29 is 37.0 Å². The van der Waals surface area contributed by atoms with Gasteiger partial charge in [0.25, 0.3) is 5.91 Å². The van der Waals surface area contributed by atoms with E-state index in [2.05, 4.69) is 20.7 Å². The normalized spacial score (nSPS) is 11.4. The number of aromatic nitrogens is 4. The average Bonchev–Trinajstić information content (AvgIpc) is 3.52. The van der Waals surface area contributed by atoms with Gasteiger partial charge in [0.2, 0.25) is 11.9 Å². The van der Waals surface area contributed by atoms with Crippen LogP contribution in [0, 0.1) is 6.92 Å². The molecule has 0 aliphatic heterocycles. The third kappa shape index (κ3) is 7.23. The van der Waals surface area contributed by atoms with Crippen LogP contribution < -0.4 is 21.1 Å². The summed E-state index contributed by atoms with van der Waals surface area (Å²) in [6.45, 7) is 4.31. The lowest BCUT2D eigenvalue weighted by molar-refractivity contribution is -0.137. The topological polar surface area (TPSA) is 155 Å². The molecular weight excluding hydrogens is 571 g/mol. The molecule has 2 aromatic carbocycles. The number of aryl methyl sites for hydroxylation is 3. The van der Waals surface area contributed by atoms with Crippen molar-refractivity contribution in [2.45, 2.75) is 46.1 Å². The van der Waals surface area contributed by atoms with Crippen LogP contribution in [0.25, 0.3) is 11.0 Å². The molecule has 0 unspecified atom stereocenters. The lowest BCUT2D eigenvalue weighted by atomic mass is 10.1. The van der Waals surface area contributed by atoms with Gasteiger partial charge in [0.15, 0.2) is 0 Å². The second-order valence-electron chi connectivity index (χ2n) is 9.49. The van der Waals surface area contributed by atoms with Crippen molar-refractivity contribution in [2.24, 2.45) is 5.73 Å². The van der Waals surface area contributed by atoms with E-state index in [1.165, 1.54) is 31.4 Å². The Morgan fingerprint density at radius 3 is 2.44 bits per heavy atom. The molecule has 0 saturated carbocycles. The molecule has 0 aliphatic rings. The zero-order chi connectivity index (χ0) is 31.3. The Bertz CT molecular complexity index is 1650. The van der Waals surface area contributed by atoms with Gasteiger partial charge < -0.3 is 25.1 Å². The number of ether oxygens (including phenoxy) is 2. The maximum atomic E-state index is 13.2. The van der Waals surface area contributed by atoms with Gasteiger partial charge in [-0.3, -0.25) is 19.6 Å². The Morgan fingerprint density at radius 2 is 1.81 bits per heavy atom. The molecule has 4 aromatic rings. The van der Waals surface area contributed by atoms with E-state index in [9.17, 15) is 27.6 Å². The highest BCUT2D eigenvalue weighted by molar-refractivity contribution is 6.04. The number of nitrogens with one attached hydrogen (secondary N) is 2. The van der Waals surface area contributed by atoms with E-state index in [1.54, 1.807) is 22.2 Å². The number of carbonyl (C=O) groups is 3. The molecule has 0 atom stereocenters. The summed E-state index contributed by atoms with van der Waals surface area (Å²) < 4.78 is 52.0. The van der Waals surface area contributed by atoms with Crippen LogP contribution in [-0.4, -0.2) is 50.9 Å². The van der Waals surface area contributed by atoms with Crippen molar-refractivity contribution in [2.75, 3.05) is 19.0 Å². The minimum atomic E-state index is -4.45. The standard InChI is InChI=1S/C28H30F3N7O5/c1-4-38-21(12-16(2)36-38)25(40)35-26-34-20-13-18(24(32)39)14-22(42-3)23(20)37(26)11-5-10-33-27(41)43-15-17-6-8-19(9-7-17)28(29,30)31/h6-9,12-14H,4-5,10-11,15H2,1-3H3,(H2,32,39)(H,33,41)(H,34,35,40). The van der Waals surface area contributed by atoms with Gasteiger partial charge >= 0.3 is 12.3 Å². The smallest absolute Gasteiger partial charge is 0.416 e. The highest BCUT2D eigenvalue weighted by atomic mass is 19.4. The van der Waals surface area contributed by atoms with Crippen molar-refractivity contribution >= 4 is 34.9 Å².